The molecule has 0 aliphatic rings. The highest BCUT2D eigenvalue weighted by Crippen LogP contribution is 2.36. The van der Waals surface area contributed by atoms with E-state index in [0.717, 1.165) is 53.4 Å². The molecule has 2 heterocycles. The van der Waals surface area contributed by atoms with Crippen LogP contribution in [0.25, 0.3) is 33.1 Å². The van der Waals surface area contributed by atoms with Gasteiger partial charge in [-0.3, -0.25) is 0 Å². The summed E-state index contributed by atoms with van der Waals surface area (Å²) in [6, 6.07) is 20.4. The van der Waals surface area contributed by atoms with Crippen LogP contribution < -0.4 is 4.74 Å². The van der Waals surface area contributed by atoms with Crippen LogP contribution in [0, 0.1) is 5.92 Å². The van der Waals surface area contributed by atoms with Crippen LogP contribution >= 0.6 is 31.9 Å². The molecule has 0 N–H and O–H groups in total. The summed E-state index contributed by atoms with van der Waals surface area (Å²) in [6.45, 7) is 5.64. The van der Waals surface area contributed by atoms with Gasteiger partial charge < -0.3 is 9.30 Å². The summed E-state index contributed by atoms with van der Waals surface area (Å²) in [7, 11) is 0. The standard InChI is InChI=1S/C25H21Br2N3O/c1-15(2)14-31-22-10-6-3-7-16(22)13-30-24-18(11-17(26)12-19(24)27)23-25(30)29-21-9-5-4-8-20(21)28-23/h3-12,15H,13-14H2,1-2H3. The molecule has 31 heavy (non-hydrogen) atoms. The maximum absolute atomic E-state index is 6.12. The number of hydrogen-bond acceptors (Lipinski definition) is 3. The van der Waals surface area contributed by atoms with E-state index >= 15 is 0 Å². The molecule has 5 aromatic rings. The van der Waals surface area contributed by atoms with Crippen LogP contribution in [0.3, 0.4) is 0 Å². The van der Waals surface area contributed by atoms with Crippen molar-refractivity contribution in [1.29, 1.82) is 0 Å². The van der Waals surface area contributed by atoms with Gasteiger partial charge in [-0.1, -0.05) is 60.1 Å². The topological polar surface area (TPSA) is 39.9 Å². The summed E-state index contributed by atoms with van der Waals surface area (Å²) >= 11 is 7.41. The number of ether oxygens (including phenoxy) is 1. The van der Waals surface area contributed by atoms with E-state index in [9.17, 15) is 0 Å². The molecule has 0 amide bonds. The molecule has 4 nitrogen and oxygen atoms in total. The van der Waals surface area contributed by atoms with Crippen molar-refractivity contribution in [3.8, 4) is 5.75 Å². The zero-order chi connectivity index (χ0) is 21.5. The van der Waals surface area contributed by atoms with Gasteiger partial charge in [0.25, 0.3) is 0 Å². The molecule has 3 aromatic carbocycles. The minimum Gasteiger partial charge on any atom is -0.493 e. The maximum Gasteiger partial charge on any atom is 0.160 e. The van der Waals surface area contributed by atoms with Gasteiger partial charge in [-0.25, -0.2) is 9.97 Å². The second kappa shape index (κ2) is 8.24. The number of fused-ring (bicyclic) bond motifs is 4. The van der Waals surface area contributed by atoms with E-state index < -0.39 is 0 Å². The second-order valence-electron chi connectivity index (χ2n) is 8.07. The lowest BCUT2D eigenvalue weighted by atomic mass is 10.2. The Labute approximate surface area is 197 Å². The van der Waals surface area contributed by atoms with Crippen LogP contribution in [0.5, 0.6) is 5.75 Å². The summed E-state index contributed by atoms with van der Waals surface area (Å²) in [5, 5.41) is 1.06. The Kier molecular flexibility index (Phi) is 5.44. The van der Waals surface area contributed by atoms with Gasteiger partial charge in [0.2, 0.25) is 0 Å². The van der Waals surface area contributed by atoms with Gasteiger partial charge in [0.15, 0.2) is 5.65 Å². The Morgan fingerprint density at radius 2 is 1.65 bits per heavy atom. The highest BCUT2D eigenvalue weighted by atomic mass is 79.9. The first kappa shape index (κ1) is 20.5. The molecule has 0 spiro atoms. The molecule has 2 aromatic heterocycles. The molecule has 6 heteroatoms. The fourth-order valence-corrected chi connectivity index (χ4v) is 5.28. The van der Waals surface area contributed by atoms with Gasteiger partial charge in [0, 0.05) is 19.9 Å². The van der Waals surface area contributed by atoms with E-state index in [-0.39, 0.29) is 0 Å². The van der Waals surface area contributed by atoms with Crippen molar-refractivity contribution >= 4 is 65.0 Å². The Morgan fingerprint density at radius 3 is 2.42 bits per heavy atom. The predicted molar refractivity (Wildman–Crippen MR) is 134 cm³/mol. The average Bonchev–Trinajstić information content (AvgIpc) is 3.04. The van der Waals surface area contributed by atoms with Crippen LogP contribution in [0.4, 0.5) is 0 Å². The first-order chi connectivity index (χ1) is 15.0. The molecule has 0 radical (unpaired) electrons. The number of rotatable bonds is 5. The largest absolute Gasteiger partial charge is 0.493 e. The van der Waals surface area contributed by atoms with Crippen molar-refractivity contribution in [1.82, 2.24) is 14.5 Å². The van der Waals surface area contributed by atoms with E-state index in [2.05, 4.69) is 74.5 Å². The zero-order valence-corrected chi connectivity index (χ0v) is 20.4. The van der Waals surface area contributed by atoms with Gasteiger partial charge in [-0.15, -0.1) is 0 Å². The molecule has 5 rings (SSSR count). The van der Waals surface area contributed by atoms with Gasteiger partial charge in [-0.05, 0) is 52.2 Å². The highest BCUT2D eigenvalue weighted by Gasteiger charge is 2.19. The van der Waals surface area contributed by atoms with E-state index in [1.54, 1.807) is 0 Å². The fourth-order valence-electron chi connectivity index (χ4n) is 3.84. The summed E-state index contributed by atoms with van der Waals surface area (Å²) in [5.41, 5.74) is 5.74. The number of benzene rings is 3. The van der Waals surface area contributed by atoms with E-state index in [1.165, 1.54) is 0 Å². The van der Waals surface area contributed by atoms with Crippen LogP contribution in [-0.2, 0) is 6.54 Å². The Balaban J connectivity index is 1.75. The third-order valence-electron chi connectivity index (χ3n) is 5.23. The minimum absolute atomic E-state index is 0.463. The molecule has 0 unspecified atom stereocenters. The van der Waals surface area contributed by atoms with Gasteiger partial charge >= 0.3 is 0 Å². The SMILES string of the molecule is CC(C)COc1ccccc1Cn1c2nc3ccccc3nc2c2cc(Br)cc(Br)c21. The van der Waals surface area contributed by atoms with Gasteiger partial charge in [0.1, 0.15) is 11.3 Å². The molecular formula is C25H21Br2N3O. The predicted octanol–water partition coefficient (Wildman–Crippen LogP) is 7.35. The van der Waals surface area contributed by atoms with Crippen LogP contribution in [0.15, 0.2) is 69.6 Å². The summed E-state index contributed by atoms with van der Waals surface area (Å²) in [5.74, 6) is 1.37. The smallest absolute Gasteiger partial charge is 0.160 e. The lowest BCUT2D eigenvalue weighted by Gasteiger charge is -2.15. The van der Waals surface area contributed by atoms with Crippen molar-refractivity contribution < 1.29 is 4.74 Å². The van der Waals surface area contributed by atoms with Crippen LogP contribution in [0.2, 0.25) is 0 Å². The monoisotopic (exact) mass is 537 g/mol. The maximum atomic E-state index is 6.12. The minimum atomic E-state index is 0.463. The van der Waals surface area contributed by atoms with E-state index in [1.807, 2.05) is 36.4 Å². The number of halogens is 2. The Bertz CT molecular complexity index is 1430. The lowest BCUT2D eigenvalue weighted by Crippen LogP contribution is -2.08. The Morgan fingerprint density at radius 1 is 0.935 bits per heavy atom. The first-order valence-electron chi connectivity index (χ1n) is 10.3. The lowest BCUT2D eigenvalue weighted by molar-refractivity contribution is 0.268. The van der Waals surface area contributed by atoms with Crippen LogP contribution in [0.1, 0.15) is 19.4 Å². The van der Waals surface area contributed by atoms with E-state index in [0.29, 0.717) is 19.1 Å². The van der Waals surface area contributed by atoms with Crippen molar-refractivity contribution in [2.45, 2.75) is 20.4 Å². The molecule has 0 saturated carbocycles. The highest BCUT2D eigenvalue weighted by molar-refractivity contribution is 9.11. The molecule has 0 aliphatic carbocycles. The quantitative estimate of drug-likeness (QED) is 0.235. The first-order valence-corrected chi connectivity index (χ1v) is 11.8. The third-order valence-corrected chi connectivity index (χ3v) is 6.30. The summed E-state index contributed by atoms with van der Waals surface area (Å²) in [6.07, 6.45) is 0. The molecule has 0 atom stereocenters. The van der Waals surface area contributed by atoms with Crippen molar-refractivity contribution in [3.05, 3.63) is 75.2 Å². The average molecular weight is 539 g/mol. The third kappa shape index (κ3) is 3.83. The molecule has 0 bridgehead atoms. The molecular weight excluding hydrogens is 518 g/mol. The molecule has 0 aliphatic heterocycles. The van der Waals surface area contributed by atoms with E-state index in [4.69, 9.17) is 14.7 Å². The van der Waals surface area contributed by atoms with Crippen molar-refractivity contribution in [2.75, 3.05) is 6.61 Å². The number of nitrogens with zero attached hydrogens (tertiary/aromatic N) is 3. The number of para-hydroxylation sites is 3. The summed E-state index contributed by atoms with van der Waals surface area (Å²) in [4.78, 5) is 9.99. The molecule has 156 valence electrons. The molecule has 0 saturated heterocycles. The van der Waals surface area contributed by atoms with Crippen molar-refractivity contribution in [3.63, 3.8) is 0 Å². The van der Waals surface area contributed by atoms with Crippen molar-refractivity contribution in [2.24, 2.45) is 5.92 Å². The zero-order valence-electron chi connectivity index (χ0n) is 17.3. The fraction of sp³-hybridized carbons (Fsp3) is 0.200. The van der Waals surface area contributed by atoms with Gasteiger partial charge in [-0.2, -0.15) is 0 Å². The normalized spacial score (nSPS) is 11.8. The van der Waals surface area contributed by atoms with Gasteiger partial charge in [0.05, 0.1) is 29.7 Å². The Hall–Kier alpha value is -2.44. The number of hydrogen-bond donors (Lipinski definition) is 0. The summed E-state index contributed by atoms with van der Waals surface area (Å²) < 4.78 is 10.4. The van der Waals surface area contributed by atoms with Crippen LogP contribution in [-0.4, -0.2) is 21.1 Å². The molecule has 0 fully saturated rings. The second-order valence-corrected chi connectivity index (χ2v) is 9.84. The number of aromatic nitrogens is 3.